The van der Waals surface area contributed by atoms with Crippen LogP contribution in [0.25, 0.3) is 39.0 Å². The van der Waals surface area contributed by atoms with E-state index in [1.165, 1.54) is 36.4 Å². The van der Waals surface area contributed by atoms with Crippen LogP contribution in [0, 0.1) is 0 Å². The van der Waals surface area contributed by atoms with Gasteiger partial charge < -0.3 is 20.4 Å². The monoisotopic (exact) mass is 832 g/mol. The van der Waals surface area contributed by atoms with Crippen LogP contribution in [0.5, 0.6) is 0 Å². The highest BCUT2D eigenvalue weighted by Crippen LogP contribution is 2.50. The summed E-state index contributed by atoms with van der Waals surface area (Å²) in [5.41, 5.74) is -0.0954. The van der Waals surface area contributed by atoms with E-state index < -0.39 is 71.7 Å². The fraction of sp³-hybridized carbons (Fsp3) is 0.333. The predicted molar refractivity (Wildman–Crippen MR) is 171 cm³/mol. The molecule has 4 N–H and O–H groups in total. The summed E-state index contributed by atoms with van der Waals surface area (Å²) in [6, 6.07) is 9.86. The average Bonchev–Trinajstić information content (AvgIpc) is 3.83. The number of hydrogen-bond acceptors (Lipinski definition) is 9. The maximum atomic E-state index is 13.4. The highest BCUT2D eigenvalue weighted by Gasteiger charge is 2.42. The minimum Gasteiger partial charge on any atom is -0.383 e. The van der Waals surface area contributed by atoms with Gasteiger partial charge in [-0.15, -0.1) is 56.7 Å². The van der Waals surface area contributed by atoms with Gasteiger partial charge in [0, 0.05) is 61.6 Å². The lowest BCUT2D eigenvalue weighted by molar-refractivity contribution is -0.206. The minimum absolute atomic E-state index is 0.0477. The third kappa shape index (κ3) is 9.01. The molecule has 0 aliphatic carbocycles. The van der Waals surface area contributed by atoms with Gasteiger partial charge in [0.15, 0.2) is 24.4 Å². The van der Waals surface area contributed by atoms with Crippen molar-refractivity contribution in [3.05, 3.63) is 69.4 Å². The van der Waals surface area contributed by atoms with Crippen molar-refractivity contribution >= 4 is 56.7 Å². The molecule has 51 heavy (non-hydrogen) atoms. The Bertz CT molecular complexity index is 1820. The van der Waals surface area contributed by atoms with Crippen LogP contribution < -0.4 is 0 Å². The van der Waals surface area contributed by atoms with Gasteiger partial charge in [0.2, 0.25) is 0 Å². The number of halogens is 12. The van der Waals surface area contributed by atoms with Crippen LogP contribution in [0.3, 0.4) is 0 Å². The Kier molecular flexibility index (Phi) is 11.2. The summed E-state index contributed by atoms with van der Waals surface area (Å²) in [4.78, 5) is 0.646. The van der Waals surface area contributed by atoms with E-state index in [9.17, 15) is 73.1 Å². The van der Waals surface area contributed by atoms with E-state index in [0.29, 0.717) is 22.7 Å². The molecular weight excluding hydrogens is 813 g/mol. The number of hydrogen-bond donors (Lipinski definition) is 4. The van der Waals surface area contributed by atoms with E-state index in [-0.39, 0.29) is 50.1 Å². The Labute approximate surface area is 299 Å². The van der Waals surface area contributed by atoms with Crippen LogP contribution in [0.1, 0.15) is 33.1 Å². The molecule has 0 saturated carbocycles. The zero-order valence-corrected chi connectivity index (χ0v) is 28.8. The summed E-state index contributed by atoms with van der Waals surface area (Å²) in [6.45, 7) is 0. The second-order valence-electron chi connectivity index (χ2n) is 10.9. The van der Waals surface area contributed by atoms with E-state index in [1.54, 1.807) is 0 Å². The van der Waals surface area contributed by atoms with Crippen molar-refractivity contribution in [2.75, 3.05) is 0 Å². The highest BCUT2D eigenvalue weighted by molar-refractivity contribution is 7.29. The molecule has 0 saturated heterocycles. The van der Waals surface area contributed by atoms with Crippen LogP contribution in [0.15, 0.2) is 48.5 Å². The first-order valence-corrected chi connectivity index (χ1v) is 18.1. The van der Waals surface area contributed by atoms with Crippen molar-refractivity contribution in [1.82, 2.24) is 0 Å². The molecule has 0 spiro atoms. The number of rotatable bonds is 10. The Morgan fingerprint density at radius 1 is 0.412 bits per heavy atom. The summed E-state index contributed by atoms with van der Waals surface area (Å²) in [6.07, 6.45) is -33.2. The fourth-order valence-electron chi connectivity index (χ4n) is 4.64. The zero-order valence-electron chi connectivity index (χ0n) is 24.7. The fourth-order valence-corrected chi connectivity index (χ4v) is 10.5. The molecule has 4 unspecified atom stereocenters. The second-order valence-corrected chi connectivity index (χ2v) is 16.3. The number of aliphatic hydroxyl groups excluding tert-OH is 4. The second kappa shape index (κ2) is 14.4. The van der Waals surface area contributed by atoms with Crippen LogP contribution >= 0.6 is 56.7 Å². The Balaban J connectivity index is 1.56. The summed E-state index contributed by atoms with van der Waals surface area (Å²) >= 11 is 3.73. The number of thiophene rings is 5. The topological polar surface area (TPSA) is 80.9 Å². The first kappa shape index (κ1) is 39.7. The molecule has 0 aliphatic rings. The predicted octanol–water partition coefficient (Wildman–Crippen LogP) is 10.8. The van der Waals surface area contributed by atoms with E-state index in [4.69, 9.17) is 0 Å². The van der Waals surface area contributed by atoms with Crippen LogP contribution in [0.2, 0.25) is 0 Å². The molecule has 5 rings (SSSR count). The molecule has 0 aromatic carbocycles. The first-order chi connectivity index (χ1) is 23.4. The first-order valence-electron chi connectivity index (χ1n) is 14.0. The van der Waals surface area contributed by atoms with E-state index in [2.05, 4.69) is 0 Å². The van der Waals surface area contributed by atoms with Gasteiger partial charge in [-0.05, 0) is 59.7 Å². The van der Waals surface area contributed by atoms with Crippen molar-refractivity contribution in [2.45, 2.75) is 62.0 Å². The summed E-state index contributed by atoms with van der Waals surface area (Å²) in [5, 5.41) is 39.0. The Hall–Kier alpha value is -2.50. The summed E-state index contributed by atoms with van der Waals surface area (Å²) in [7, 11) is 0. The zero-order chi connectivity index (χ0) is 37.8. The van der Waals surface area contributed by atoms with Crippen LogP contribution in [-0.2, 0) is 12.8 Å². The maximum Gasteiger partial charge on any atom is 0.419 e. The molecule has 21 heteroatoms. The lowest BCUT2D eigenvalue weighted by Crippen LogP contribution is -2.30. The quantitative estimate of drug-likeness (QED) is 0.106. The minimum atomic E-state index is -5.04. The van der Waals surface area contributed by atoms with Gasteiger partial charge in [0.1, 0.15) is 0 Å². The van der Waals surface area contributed by atoms with Gasteiger partial charge in [-0.1, -0.05) is 0 Å². The lowest BCUT2D eigenvalue weighted by Gasteiger charge is -2.14. The molecule has 4 nitrogen and oxygen atoms in total. The molecule has 4 atom stereocenters. The average molecular weight is 833 g/mol. The van der Waals surface area contributed by atoms with Crippen molar-refractivity contribution in [3.63, 3.8) is 0 Å². The molecule has 5 heterocycles. The van der Waals surface area contributed by atoms with Gasteiger partial charge >= 0.3 is 24.7 Å². The van der Waals surface area contributed by atoms with Gasteiger partial charge in [0.05, 0.1) is 0 Å². The third-order valence-electron chi connectivity index (χ3n) is 7.15. The van der Waals surface area contributed by atoms with E-state index in [1.807, 2.05) is 0 Å². The van der Waals surface area contributed by atoms with Crippen molar-refractivity contribution in [3.8, 4) is 39.0 Å². The van der Waals surface area contributed by atoms with E-state index >= 15 is 0 Å². The maximum absolute atomic E-state index is 13.4. The largest absolute Gasteiger partial charge is 0.419 e. The van der Waals surface area contributed by atoms with Gasteiger partial charge in [0.25, 0.3) is 0 Å². The molecule has 278 valence electrons. The van der Waals surface area contributed by atoms with Crippen molar-refractivity contribution < 1.29 is 73.1 Å². The lowest BCUT2D eigenvalue weighted by atomic mass is 10.1. The van der Waals surface area contributed by atoms with Crippen molar-refractivity contribution in [2.24, 2.45) is 0 Å². The Morgan fingerprint density at radius 2 is 0.745 bits per heavy atom. The summed E-state index contributed by atoms with van der Waals surface area (Å²) < 4.78 is 159. The molecular formula is C30H20F12O4S5. The Morgan fingerprint density at radius 3 is 1.06 bits per heavy atom. The third-order valence-corrected chi connectivity index (χ3v) is 13.6. The highest BCUT2D eigenvalue weighted by atomic mass is 32.1. The van der Waals surface area contributed by atoms with Crippen LogP contribution in [0.4, 0.5) is 52.7 Å². The van der Waals surface area contributed by atoms with Crippen LogP contribution in [-0.4, -0.2) is 57.3 Å². The molecule has 0 radical (unpaired) electrons. The molecule has 5 aromatic heterocycles. The SMILES string of the molecule is OC(Cc1cc(-c2ccc(C(O)C(F)(F)F)s2)sc1-c1ccc(-c2sc(-c3ccc(C(O)C(F)(F)F)s3)cc2CC(O)C(F)(F)F)s1)C(F)(F)F. The number of aliphatic hydroxyl groups is 4. The molecule has 5 aromatic rings. The molecule has 0 amide bonds. The van der Waals surface area contributed by atoms with E-state index in [0.717, 1.165) is 46.1 Å². The van der Waals surface area contributed by atoms with Crippen molar-refractivity contribution in [1.29, 1.82) is 0 Å². The summed E-state index contributed by atoms with van der Waals surface area (Å²) in [5.74, 6) is 0. The molecule has 0 fully saturated rings. The standard InChI is InChI=1S/C30H20F12O4S5/c31-27(32,33)21(43)9-11-7-19(13-1-5-17(47-13)25(45)29(37,38)39)50-23(11)15-3-4-16(49-15)24-12(10-22(44)28(34,35)36)8-20(51-24)14-2-6-18(48-14)26(46)30(40,41)42/h1-8,21-22,25-26,43-46H,9-10H2. The van der Waals surface area contributed by atoms with Gasteiger partial charge in [-0.3, -0.25) is 0 Å². The van der Waals surface area contributed by atoms with Gasteiger partial charge in [-0.25, -0.2) is 0 Å². The molecule has 0 bridgehead atoms. The number of alkyl halides is 12. The van der Waals surface area contributed by atoms with Gasteiger partial charge in [-0.2, -0.15) is 52.7 Å². The molecule has 0 aliphatic heterocycles. The normalized spacial score (nSPS) is 15.7. The smallest absolute Gasteiger partial charge is 0.383 e.